The lowest BCUT2D eigenvalue weighted by Crippen LogP contribution is -2.29. The maximum absolute atomic E-state index is 14.6. The van der Waals surface area contributed by atoms with Gasteiger partial charge in [-0.2, -0.15) is 0 Å². The van der Waals surface area contributed by atoms with E-state index in [1.54, 1.807) is 0 Å². The molecule has 0 saturated heterocycles. The van der Waals surface area contributed by atoms with Crippen molar-refractivity contribution in [2.75, 3.05) is 6.26 Å². The molecule has 0 aliphatic carbocycles. The van der Waals surface area contributed by atoms with Crippen LogP contribution in [0.1, 0.15) is 16.7 Å². The van der Waals surface area contributed by atoms with Crippen LogP contribution in [-0.2, 0) is 21.6 Å². The van der Waals surface area contributed by atoms with E-state index in [0.29, 0.717) is 0 Å². The molecule has 1 aromatic heterocycles. The number of aromatic nitrogens is 2. The van der Waals surface area contributed by atoms with Crippen LogP contribution in [0, 0.1) is 21.7 Å². The van der Waals surface area contributed by atoms with Crippen molar-refractivity contribution >= 4 is 31.5 Å². The van der Waals surface area contributed by atoms with Gasteiger partial charge in [0.15, 0.2) is 9.84 Å². The van der Waals surface area contributed by atoms with Crippen molar-refractivity contribution in [3.63, 3.8) is 0 Å². The van der Waals surface area contributed by atoms with Gasteiger partial charge in [0.05, 0.1) is 21.1 Å². The predicted molar refractivity (Wildman–Crippen MR) is 140 cm³/mol. The van der Waals surface area contributed by atoms with Crippen molar-refractivity contribution in [3.8, 4) is 16.8 Å². The molecule has 0 bridgehead atoms. The SMILES string of the molecule is CS(=O)(=O)c1ccc(-c2c(-n3ccc(=O)[nH]c3=O)c(Cc3c(F)cccc3F)cc(CBr)c2[N+](=O)[O-])cc1. The molecule has 13 heteroatoms. The quantitative estimate of drug-likeness (QED) is 0.190. The molecule has 3 aromatic carbocycles. The minimum atomic E-state index is -3.59. The highest BCUT2D eigenvalue weighted by molar-refractivity contribution is 9.08. The molecule has 0 aliphatic rings. The van der Waals surface area contributed by atoms with E-state index >= 15 is 0 Å². The molecule has 0 radical (unpaired) electrons. The van der Waals surface area contributed by atoms with Crippen molar-refractivity contribution in [1.29, 1.82) is 0 Å². The first-order valence-corrected chi connectivity index (χ1v) is 13.9. The van der Waals surface area contributed by atoms with Gasteiger partial charge in [0.1, 0.15) is 11.6 Å². The zero-order chi connectivity index (χ0) is 27.8. The van der Waals surface area contributed by atoms with Crippen LogP contribution in [0.15, 0.2) is 75.3 Å². The zero-order valence-corrected chi connectivity index (χ0v) is 22.0. The molecule has 0 unspecified atom stereocenters. The fraction of sp³-hybridized carbons (Fsp3) is 0.120. The highest BCUT2D eigenvalue weighted by atomic mass is 79.9. The predicted octanol–water partition coefficient (Wildman–Crippen LogP) is 4.27. The Morgan fingerprint density at radius 3 is 2.18 bits per heavy atom. The molecule has 0 aliphatic heterocycles. The molecule has 4 rings (SSSR count). The van der Waals surface area contributed by atoms with Crippen LogP contribution in [0.4, 0.5) is 14.5 Å². The number of nitro groups is 1. The van der Waals surface area contributed by atoms with E-state index in [1.807, 2.05) is 0 Å². The second-order valence-electron chi connectivity index (χ2n) is 8.31. The molecule has 0 spiro atoms. The summed E-state index contributed by atoms with van der Waals surface area (Å²) < 4.78 is 54.2. The second kappa shape index (κ2) is 10.4. The number of H-pyrrole nitrogens is 1. The number of nitrogens with zero attached hydrogens (tertiary/aromatic N) is 2. The van der Waals surface area contributed by atoms with Gasteiger partial charge in [0, 0.05) is 41.4 Å². The zero-order valence-electron chi connectivity index (χ0n) is 19.6. The Balaban J connectivity index is 2.17. The largest absolute Gasteiger partial charge is 0.332 e. The first kappa shape index (κ1) is 27.1. The minimum absolute atomic E-state index is 0.0225. The Hall–Kier alpha value is -3.97. The van der Waals surface area contributed by atoms with Gasteiger partial charge in [-0.3, -0.25) is 24.5 Å². The molecular formula is C25H18BrF2N3O6S. The van der Waals surface area contributed by atoms with Crippen LogP contribution in [0.3, 0.4) is 0 Å². The van der Waals surface area contributed by atoms with E-state index in [-0.39, 0.29) is 43.7 Å². The average Bonchev–Trinajstić information content (AvgIpc) is 2.85. The molecule has 0 fully saturated rings. The molecule has 1 N–H and O–H groups in total. The third-order valence-electron chi connectivity index (χ3n) is 5.82. The summed E-state index contributed by atoms with van der Waals surface area (Å²) in [4.78, 5) is 38.3. The lowest BCUT2D eigenvalue weighted by molar-refractivity contribution is -0.384. The summed E-state index contributed by atoms with van der Waals surface area (Å²) in [6, 6.07) is 10.9. The Labute approximate surface area is 222 Å². The Bertz CT molecular complexity index is 1780. The molecule has 0 saturated carbocycles. The monoisotopic (exact) mass is 605 g/mol. The number of sulfone groups is 1. The smallest absolute Gasteiger partial charge is 0.274 e. The highest BCUT2D eigenvalue weighted by Gasteiger charge is 2.29. The summed E-state index contributed by atoms with van der Waals surface area (Å²) in [6.45, 7) is 0. The molecule has 9 nitrogen and oxygen atoms in total. The molecule has 38 heavy (non-hydrogen) atoms. The van der Waals surface area contributed by atoms with Gasteiger partial charge in [-0.15, -0.1) is 0 Å². The van der Waals surface area contributed by atoms with Gasteiger partial charge in [0.25, 0.3) is 11.2 Å². The first-order chi connectivity index (χ1) is 17.9. The molecule has 4 aromatic rings. The van der Waals surface area contributed by atoms with Gasteiger partial charge in [0.2, 0.25) is 0 Å². The maximum atomic E-state index is 14.6. The van der Waals surface area contributed by atoms with E-state index in [9.17, 15) is 36.9 Å². The van der Waals surface area contributed by atoms with E-state index < -0.39 is 49.8 Å². The van der Waals surface area contributed by atoms with Crippen molar-refractivity contribution in [1.82, 2.24) is 9.55 Å². The Morgan fingerprint density at radius 1 is 1.03 bits per heavy atom. The third-order valence-corrected chi connectivity index (χ3v) is 7.55. The van der Waals surface area contributed by atoms with Gasteiger partial charge >= 0.3 is 5.69 Å². The third kappa shape index (κ3) is 5.20. The molecule has 0 amide bonds. The van der Waals surface area contributed by atoms with Crippen molar-refractivity contribution in [3.05, 3.63) is 120 Å². The molecular weight excluding hydrogens is 588 g/mol. The van der Waals surface area contributed by atoms with E-state index in [4.69, 9.17) is 0 Å². The number of rotatable bonds is 7. The lowest BCUT2D eigenvalue weighted by Gasteiger charge is -2.20. The van der Waals surface area contributed by atoms with Gasteiger partial charge in [-0.1, -0.05) is 34.1 Å². The van der Waals surface area contributed by atoms with E-state index in [0.717, 1.165) is 35.2 Å². The van der Waals surface area contributed by atoms with Crippen LogP contribution in [0.2, 0.25) is 0 Å². The summed E-state index contributed by atoms with van der Waals surface area (Å²) in [6.07, 6.45) is 1.71. The number of benzene rings is 3. The second-order valence-corrected chi connectivity index (χ2v) is 10.9. The Morgan fingerprint density at radius 2 is 1.66 bits per heavy atom. The van der Waals surface area contributed by atoms with Crippen molar-refractivity contribution < 1.29 is 22.1 Å². The fourth-order valence-corrected chi connectivity index (χ4v) is 5.19. The number of nitro benzene ring substituents is 1. The fourth-order valence-electron chi connectivity index (χ4n) is 4.13. The average molecular weight is 606 g/mol. The topological polar surface area (TPSA) is 132 Å². The Kier molecular flexibility index (Phi) is 7.42. The summed E-state index contributed by atoms with van der Waals surface area (Å²) in [5, 5.41) is 12.3. The van der Waals surface area contributed by atoms with Crippen molar-refractivity contribution in [2.24, 2.45) is 0 Å². The van der Waals surface area contributed by atoms with E-state index in [2.05, 4.69) is 20.9 Å². The maximum Gasteiger partial charge on any atom is 0.332 e. The van der Waals surface area contributed by atoms with Crippen LogP contribution >= 0.6 is 15.9 Å². The van der Waals surface area contributed by atoms with Crippen LogP contribution in [0.25, 0.3) is 16.8 Å². The molecule has 196 valence electrons. The number of hydrogen-bond acceptors (Lipinski definition) is 6. The molecule has 1 heterocycles. The summed E-state index contributed by atoms with van der Waals surface area (Å²) in [5.41, 5.74) is -2.17. The summed E-state index contributed by atoms with van der Waals surface area (Å²) in [7, 11) is -3.59. The normalized spacial score (nSPS) is 11.5. The number of aromatic amines is 1. The van der Waals surface area contributed by atoms with Gasteiger partial charge < -0.3 is 0 Å². The van der Waals surface area contributed by atoms with Gasteiger partial charge in [-0.05, 0) is 41.5 Å². The first-order valence-electron chi connectivity index (χ1n) is 10.9. The minimum Gasteiger partial charge on any atom is -0.274 e. The van der Waals surface area contributed by atoms with Gasteiger partial charge in [-0.25, -0.2) is 22.0 Å². The summed E-state index contributed by atoms with van der Waals surface area (Å²) in [5.74, 6) is -1.72. The van der Waals surface area contributed by atoms with Crippen molar-refractivity contribution in [2.45, 2.75) is 16.6 Å². The number of hydrogen-bond donors (Lipinski definition) is 1. The highest BCUT2D eigenvalue weighted by Crippen LogP contribution is 2.42. The number of halogens is 3. The van der Waals surface area contributed by atoms with Crippen LogP contribution in [0.5, 0.6) is 0 Å². The molecule has 0 atom stereocenters. The van der Waals surface area contributed by atoms with Crippen LogP contribution in [-0.4, -0.2) is 29.1 Å². The van der Waals surface area contributed by atoms with E-state index in [1.165, 1.54) is 36.4 Å². The summed E-state index contributed by atoms with van der Waals surface area (Å²) >= 11 is 3.23. The van der Waals surface area contributed by atoms with Crippen LogP contribution < -0.4 is 11.2 Å². The standard InChI is InChI=1S/C25H18BrF2N3O6S/c1-38(36,37)17-7-5-14(6-8-17)22-23(30-10-9-21(32)29-25(30)33)15(11-16(13-26)24(22)31(34)35)12-18-19(27)3-2-4-20(18)28/h2-11H,12-13H2,1H3,(H,29,32,33). The lowest BCUT2D eigenvalue weighted by atomic mass is 9.91. The number of nitrogens with one attached hydrogen (secondary N) is 1. The number of alkyl halides is 1.